The second-order valence-electron chi connectivity index (χ2n) is 7.18. The van der Waals surface area contributed by atoms with Crippen molar-refractivity contribution in [1.29, 1.82) is 5.26 Å². The molecule has 1 aromatic heterocycles. The maximum absolute atomic E-state index is 13.8. The maximum atomic E-state index is 13.8. The summed E-state index contributed by atoms with van der Waals surface area (Å²) in [5.41, 5.74) is 0.0170. The highest BCUT2D eigenvalue weighted by molar-refractivity contribution is 8.00. The van der Waals surface area contributed by atoms with E-state index in [1.165, 1.54) is 0 Å². The molecule has 2 aromatic rings. The topological polar surface area (TPSA) is 75.0 Å². The number of carbonyl (C=O) groups is 1. The van der Waals surface area contributed by atoms with Gasteiger partial charge in [-0.25, -0.2) is 4.98 Å². The van der Waals surface area contributed by atoms with Crippen LogP contribution < -0.4 is 10.1 Å². The molecule has 164 valence electrons. The SMILES string of the molecule is COc1ccc(CNC(=O)CSc2nc3c(c(C(F)(F)F)c2C#N)CCCCC3)cc1. The molecule has 0 saturated carbocycles. The first kappa shape index (κ1) is 22.9. The van der Waals surface area contributed by atoms with Crippen molar-refractivity contribution in [2.24, 2.45) is 0 Å². The number of ether oxygens (including phenoxy) is 1. The molecule has 1 aliphatic carbocycles. The van der Waals surface area contributed by atoms with E-state index in [1.807, 2.05) is 12.1 Å². The molecule has 1 amide bonds. The summed E-state index contributed by atoms with van der Waals surface area (Å²) in [7, 11) is 1.56. The fourth-order valence-electron chi connectivity index (χ4n) is 3.55. The Labute approximate surface area is 183 Å². The Morgan fingerprint density at radius 2 is 1.94 bits per heavy atom. The van der Waals surface area contributed by atoms with Crippen LogP contribution in [0.3, 0.4) is 0 Å². The Morgan fingerprint density at radius 1 is 1.23 bits per heavy atom. The van der Waals surface area contributed by atoms with Crippen molar-refractivity contribution in [3.05, 3.63) is 52.2 Å². The van der Waals surface area contributed by atoms with E-state index in [2.05, 4.69) is 10.3 Å². The summed E-state index contributed by atoms with van der Waals surface area (Å²) < 4.78 is 46.5. The lowest BCUT2D eigenvalue weighted by Crippen LogP contribution is -2.25. The molecule has 1 aromatic carbocycles. The van der Waals surface area contributed by atoms with Crippen LogP contribution in [-0.4, -0.2) is 23.8 Å². The van der Waals surface area contributed by atoms with Crippen LogP contribution in [0.15, 0.2) is 29.3 Å². The maximum Gasteiger partial charge on any atom is 0.418 e. The second kappa shape index (κ2) is 10.1. The number of nitrogens with one attached hydrogen (secondary N) is 1. The minimum absolute atomic E-state index is 0.0323. The predicted octanol–water partition coefficient (Wildman–Crippen LogP) is 4.66. The minimum Gasteiger partial charge on any atom is -0.497 e. The highest BCUT2D eigenvalue weighted by Gasteiger charge is 2.39. The van der Waals surface area contributed by atoms with E-state index in [0.29, 0.717) is 24.3 Å². The summed E-state index contributed by atoms with van der Waals surface area (Å²) in [6.07, 6.45) is -1.71. The fraction of sp³-hybridized carbons (Fsp3) is 0.409. The first-order valence-electron chi connectivity index (χ1n) is 9.89. The van der Waals surface area contributed by atoms with Gasteiger partial charge in [0.25, 0.3) is 0 Å². The Balaban J connectivity index is 1.75. The Hall–Kier alpha value is -2.73. The van der Waals surface area contributed by atoms with Gasteiger partial charge in [0.2, 0.25) is 5.91 Å². The Morgan fingerprint density at radius 3 is 2.58 bits per heavy atom. The monoisotopic (exact) mass is 449 g/mol. The largest absolute Gasteiger partial charge is 0.497 e. The number of amides is 1. The number of carbonyl (C=O) groups excluding carboxylic acids is 1. The number of aromatic nitrogens is 1. The zero-order chi connectivity index (χ0) is 22.4. The van der Waals surface area contributed by atoms with Crippen molar-refractivity contribution in [2.45, 2.75) is 49.9 Å². The zero-order valence-corrected chi connectivity index (χ0v) is 17.8. The van der Waals surface area contributed by atoms with Crippen LogP contribution in [0.4, 0.5) is 13.2 Å². The van der Waals surface area contributed by atoms with Crippen LogP contribution in [0.1, 0.15) is 47.2 Å². The van der Waals surface area contributed by atoms with Crippen LogP contribution >= 0.6 is 11.8 Å². The molecule has 3 rings (SSSR count). The Kier molecular flexibility index (Phi) is 7.44. The average molecular weight is 449 g/mol. The third kappa shape index (κ3) is 5.70. The number of alkyl halides is 3. The highest BCUT2D eigenvalue weighted by atomic mass is 32.2. The van der Waals surface area contributed by atoms with E-state index >= 15 is 0 Å². The second-order valence-corrected chi connectivity index (χ2v) is 8.14. The van der Waals surface area contributed by atoms with Crippen molar-refractivity contribution in [1.82, 2.24) is 10.3 Å². The van der Waals surface area contributed by atoms with Gasteiger partial charge in [-0.05, 0) is 48.9 Å². The Bertz CT molecular complexity index is 985. The van der Waals surface area contributed by atoms with Crippen LogP contribution in [0.2, 0.25) is 0 Å². The number of benzene rings is 1. The quantitative estimate of drug-likeness (QED) is 0.513. The third-order valence-corrected chi connectivity index (χ3v) is 6.05. The summed E-state index contributed by atoms with van der Waals surface area (Å²) >= 11 is 0.865. The van der Waals surface area contributed by atoms with Gasteiger partial charge in [-0.2, -0.15) is 18.4 Å². The number of pyridine rings is 1. The number of nitrogens with zero attached hydrogens (tertiary/aromatic N) is 2. The summed E-state index contributed by atoms with van der Waals surface area (Å²) in [5.74, 6) is 0.216. The number of hydrogen-bond acceptors (Lipinski definition) is 5. The number of hydrogen-bond donors (Lipinski definition) is 1. The van der Waals surface area contributed by atoms with Gasteiger partial charge >= 0.3 is 6.18 Å². The molecule has 0 bridgehead atoms. The van der Waals surface area contributed by atoms with Crippen LogP contribution in [0.5, 0.6) is 5.75 Å². The van der Waals surface area contributed by atoms with Gasteiger partial charge in [-0.3, -0.25) is 4.79 Å². The number of methoxy groups -OCH3 is 1. The highest BCUT2D eigenvalue weighted by Crippen LogP contribution is 2.40. The first-order chi connectivity index (χ1) is 14.8. The van der Waals surface area contributed by atoms with Gasteiger partial charge in [0.05, 0.1) is 24.0 Å². The van der Waals surface area contributed by atoms with Crippen molar-refractivity contribution >= 4 is 17.7 Å². The predicted molar refractivity (Wildman–Crippen MR) is 111 cm³/mol. The minimum atomic E-state index is -4.64. The van der Waals surface area contributed by atoms with Gasteiger partial charge in [0.1, 0.15) is 16.8 Å². The average Bonchev–Trinajstić information content (AvgIpc) is 2.99. The van der Waals surface area contributed by atoms with Crippen molar-refractivity contribution in [3.8, 4) is 11.8 Å². The van der Waals surface area contributed by atoms with Crippen LogP contribution in [-0.2, 0) is 30.4 Å². The van der Waals surface area contributed by atoms with Crippen LogP contribution in [0.25, 0.3) is 0 Å². The van der Waals surface area contributed by atoms with Gasteiger partial charge in [-0.15, -0.1) is 0 Å². The first-order valence-corrected chi connectivity index (χ1v) is 10.9. The van der Waals surface area contributed by atoms with E-state index in [9.17, 15) is 23.2 Å². The number of nitriles is 1. The molecule has 1 aliphatic rings. The molecule has 0 spiro atoms. The number of fused-ring (bicyclic) bond motifs is 1. The summed E-state index contributed by atoms with van der Waals surface area (Å²) in [6, 6.07) is 8.85. The lowest BCUT2D eigenvalue weighted by atomic mass is 9.97. The molecule has 0 fully saturated rings. The molecule has 0 radical (unpaired) electrons. The van der Waals surface area contributed by atoms with E-state index in [4.69, 9.17) is 4.74 Å². The molecule has 0 atom stereocenters. The third-order valence-electron chi connectivity index (χ3n) is 5.07. The molecule has 1 heterocycles. The number of thioether (sulfide) groups is 1. The van der Waals surface area contributed by atoms with Gasteiger partial charge < -0.3 is 10.1 Å². The van der Waals surface area contributed by atoms with Crippen LogP contribution in [0, 0.1) is 11.3 Å². The summed E-state index contributed by atoms with van der Waals surface area (Å²) in [6.45, 7) is 0.278. The van der Waals surface area contributed by atoms with Gasteiger partial charge in [0, 0.05) is 12.2 Å². The van der Waals surface area contributed by atoms with E-state index in [-0.39, 0.29) is 35.2 Å². The molecular formula is C22H22F3N3O2S. The molecule has 0 aliphatic heterocycles. The summed E-state index contributed by atoms with van der Waals surface area (Å²) in [4.78, 5) is 16.6. The molecule has 9 heteroatoms. The van der Waals surface area contributed by atoms with Crippen molar-refractivity contribution in [2.75, 3.05) is 12.9 Å². The lowest BCUT2D eigenvalue weighted by molar-refractivity contribution is -0.138. The fourth-order valence-corrected chi connectivity index (χ4v) is 4.38. The van der Waals surface area contributed by atoms with E-state index in [0.717, 1.165) is 30.2 Å². The van der Waals surface area contributed by atoms with Gasteiger partial charge in [0.15, 0.2) is 0 Å². The summed E-state index contributed by atoms with van der Waals surface area (Å²) in [5, 5.41) is 12.2. The van der Waals surface area contributed by atoms with Gasteiger partial charge in [-0.1, -0.05) is 30.3 Å². The standard InChI is InChI=1S/C22H22F3N3O2S/c1-30-15-9-7-14(8-10-15)12-27-19(29)13-31-21-17(11-26)20(22(23,24)25)16-5-3-2-4-6-18(16)28-21/h7-10H,2-6,12-13H2,1H3,(H,27,29). The number of aryl methyl sites for hydroxylation is 1. The molecule has 31 heavy (non-hydrogen) atoms. The zero-order valence-electron chi connectivity index (χ0n) is 17.0. The van der Waals surface area contributed by atoms with Crippen molar-refractivity contribution < 1.29 is 22.7 Å². The number of rotatable bonds is 6. The normalized spacial score (nSPS) is 13.6. The van der Waals surface area contributed by atoms with E-state index < -0.39 is 17.3 Å². The smallest absolute Gasteiger partial charge is 0.418 e. The lowest BCUT2D eigenvalue weighted by Gasteiger charge is -2.18. The molecule has 0 unspecified atom stereocenters. The molecule has 1 N–H and O–H groups in total. The molecule has 5 nitrogen and oxygen atoms in total. The van der Waals surface area contributed by atoms with Crippen molar-refractivity contribution in [3.63, 3.8) is 0 Å². The molecular weight excluding hydrogens is 427 g/mol. The van der Waals surface area contributed by atoms with E-state index in [1.54, 1.807) is 25.3 Å². The molecule has 0 saturated heterocycles. The number of halogens is 3.